The first-order chi connectivity index (χ1) is 31.2. The number of hydrogen-bond donors (Lipinski definition) is 4. The van der Waals surface area contributed by atoms with E-state index in [4.69, 9.17) is 23.7 Å². The summed E-state index contributed by atoms with van der Waals surface area (Å²) in [6.07, 6.45) is 3.22. The first kappa shape index (κ1) is 48.8. The molecule has 15 nitrogen and oxygen atoms in total. The van der Waals surface area contributed by atoms with Crippen molar-refractivity contribution >= 4 is 40.9 Å². The highest BCUT2D eigenvalue weighted by Crippen LogP contribution is 2.49. The van der Waals surface area contributed by atoms with Crippen molar-refractivity contribution in [1.29, 1.82) is 0 Å². The van der Waals surface area contributed by atoms with Gasteiger partial charge in [-0.1, -0.05) is 81.8 Å². The molecule has 5 bridgehead atoms. The molecule has 348 valence electrons. The van der Waals surface area contributed by atoms with Gasteiger partial charge in [-0.15, -0.1) is 0 Å². The SMILES string of the molecule is CO[C@H]1/C=C/O[C@@]2(C)Oc3c(C)c(OC(=O)c4ccccc4)c4c(c3C2=O)C(=O)C(Nc2ccc(C)cc2)=C(NC(=O)/C(C)=C\C=C\[C@H](C)[C@H](O)[C@@H](C)[C@H](O)[C@H](C)[C@H](OC(C)=O)[C@@H]1C)C4=O. The summed E-state index contributed by atoms with van der Waals surface area (Å²) in [5.41, 5.74) is -0.606. The maximum atomic E-state index is 15.2. The average molecular weight is 905 g/mol. The van der Waals surface area contributed by atoms with Crippen molar-refractivity contribution in [2.75, 3.05) is 12.4 Å². The second-order valence-electron chi connectivity index (χ2n) is 17.3. The van der Waals surface area contributed by atoms with Crippen molar-refractivity contribution in [2.24, 2.45) is 23.7 Å². The molecular weight excluding hydrogens is 849 g/mol. The fourth-order valence-corrected chi connectivity index (χ4v) is 8.43. The van der Waals surface area contributed by atoms with E-state index in [9.17, 15) is 29.4 Å². The van der Waals surface area contributed by atoms with Gasteiger partial charge in [0.15, 0.2) is 0 Å². The van der Waals surface area contributed by atoms with Gasteiger partial charge in [0.25, 0.3) is 11.7 Å². The van der Waals surface area contributed by atoms with Gasteiger partial charge in [-0.2, -0.15) is 0 Å². The molecule has 3 heterocycles. The number of esters is 2. The van der Waals surface area contributed by atoms with Crippen LogP contribution < -0.4 is 20.1 Å². The Morgan fingerprint density at radius 2 is 1.48 bits per heavy atom. The number of aliphatic hydroxyl groups is 2. The summed E-state index contributed by atoms with van der Waals surface area (Å²) in [6.45, 7) is 14.2. The predicted molar refractivity (Wildman–Crippen MR) is 243 cm³/mol. The molecule has 0 saturated carbocycles. The highest BCUT2D eigenvalue weighted by molar-refractivity contribution is 6.33. The Bertz CT molecular complexity index is 2560. The van der Waals surface area contributed by atoms with Crippen molar-refractivity contribution in [3.05, 3.63) is 136 Å². The zero-order valence-corrected chi connectivity index (χ0v) is 38.6. The minimum Gasteiger partial charge on any atom is -0.462 e. The monoisotopic (exact) mass is 904 g/mol. The van der Waals surface area contributed by atoms with Gasteiger partial charge in [0, 0.05) is 61.5 Å². The van der Waals surface area contributed by atoms with Crippen LogP contribution in [0.25, 0.3) is 0 Å². The molecule has 0 radical (unpaired) electrons. The zero-order valence-electron chi connectivity index (χ0n) is 38.6. The maximum Gasteiger partial charge on any atom is 0.343 e. The number of carbonyl (C=O) groups is 6. The number of ketones is 3. The van der Waals surface area contributed by atoms with Crippen LogP contribution in [0.15, 0.2) is 102 Å². The van der Waals surface area contributed by atoms with Crippen LogP contribution in [-0.2, 0) is 23.8 Å². The molecule has 0 aromatic heterocycles. The van der Waals surface area contributed by atoms with Gasteiger partial charge in [-0.25, -0.2) is 4.79 Å². The van der Waals surface area contributed by atoms with Crippen LogP contribution >= 0.6 is 0 Å². The van der Waals surface area contributed by atoms with Crippen molar-refractivity contribution in [2.45, 2.75) is 92.5 Å². The summed E-state index contributed by atoms with van der Waals surface area (Å²) in [7, 11) is 1.42. The third kappa shape index (κ3) is 9.64. The van der Waals surface area contributed by atoms with Gasteiger partial charge in [-0.05, 0) is 51.1 Å². The number of allylic oxidation sites excluding steroid dienone is 4. The number of carbonyl (C=O) groups excluding carboxylic acids is 6. The fourth-order valence-electron chi connectivity index (χ4n) is 8.43. The van der Waals surface area contributed by atoms with Crippen LogP contribution in [0.1, 0.15) is 101 Å². The minimum atomic E-state index is -2.17. The molecule has 1 aliphatic carbocycles. The molecule has 0 unspecified atom stereocenters. The van der Waals surface area contributed by atoms with Crippen molar-refractivity contribution in [1.82, 2.24) is 5.32 Å². The second kappa shape index (κ2) is 19.8. The minimum absolute atomic E-state index is 0.0110. The summed E-state index contributed by atoms with van der Waals surface area (Å²) in [6, 6.07) is 14.8. The van der Waals surface area contributed by atoms with Crippen molar-refractivity contribution in [3.63, 3.8) is 0 Å². The molecule has 15 heteroatoms. The number of ether oxygens (including phenoxy) is 5. The quantitative estimate of drug-likeness (QED) is 0.147. The van der Waals surface area contributed by atoms with E-state index in [1.54, 1.807) is 82.3 Å². The van der Waals surface area contributed by atoms with E-state index >= 15 is 9.59 Å². The molecule has 3 aliphatic heterocycles. The van der Waals surface area contributed by atoms with Crippen LogP contribution in [0.5, 0.6) is 11.5 Å². The Morgan fingerprint density at radius 1 is 0.818 bits per heavy atom. The molecule has 0 spiro atoms. The van der Waals surface area contributed by atoms with Gasteiger partial charge in [0.1, 0.15) is 29.0 Å². The molecule has 3 aromatic rings. The lowest BCUT2D eigenvalue weighted by Gasteiger charge is -2.38. The second-order valence-corrected chi connectivity index (χ2v) is 17.3. The Hall–Kier alpha value is -6.68. The van der Waals surface area contributed by atoms with E-state index < -0.39 is 106 Å². The number of amides is 1. The van der Waals surface area contributed by atoms with E-state index in [0.717, 1.165) is 11.8 Å². The lowest BCUT2D eigenvalue weighted by Crippen LogP contribution is -2.46. The molecule has 4 N–H and O–H groups in total. The number of nitrogens with one attached hydrogen (secondary N) is 2. The normalized spacial score (nSPS) is 28.9. The molecule has 7 rings (SSSR count). The number of aryl methyl sites for hydroxylation is 1. The summed E-state index contributed by atoms with van der Waals surface area (Å²) in [5.74, 6) is -10.4. The van der Waals surface area contributed by atoms with E-state index in [0.29, 0.717) is 5.69 Å². The van der Waals surface area contributed by atoms with E-state index in [2.05, 4.69) is 10.6 Å². The first-order valence-corrected chi connectivity index (χ1v) is 21.7. The van der Waals surface area contributed by atoms with Crippen LogP contribution in [0, 0.1) is 37.5 Å². The van der Waals surface area contributed by atoms with E-state index in [-0.39, 0.29) is 39.5 Å². The Labute approximate surface area is 383 Å². The summed E-state index contributed by atoms with van der Waals surface area (Å²) < 4.78 is 29.9. The van der Waals surface area contributed by atoms with Crippen LogP contribution in [-0.4, -0.2) is 82.7 Å². The van der Waals surface area contributed by atoms with Crippen LogP contribution in [0.2, 0.25) is 0 Å². The fraction of sp³-hybridized carbons (Fsp3) is 0.373. The third-order valence-corrected chi connectivity index (χ3v) is 12.5. The van der Waals surface area contributed by atoms with Gasteiger partial charge >= 0.3 is 17.7 Å². The number of benzene rings is 3. The largest absolute Gasteiger partial charge is 0.462 e. The number of fused-ring (bicyclic) bond motifs is 14. The molecule has 3 aromatic carbocycles. The summed E-state index contributed by atoms with van der Waals surface area (Å²) in [5, 5.41) is 28.6. The first-order valence-electron chi connectivity index (χ1n) is 21.7. The van der Waals surface area contributed by atoms with E-state index in [1.807, 2.05) is 6.92 Å². The van der Waals surface area contributed by atoms with Crippen molar-refractivity contribution < 1.29 is 62.7 Å². The number of anilines is 1. The van der Waals surface area contributed by atoms with E-state index in [1.165, 1.54) is 59.1 Å². The Kier molecular flexibility index (Phi) is 14.6. The molecule has 9 atom stereocenters. The average Bonchev–Trinajstić information content (AvgIpc) is 3.56. The molecule has 0 saturated heterocycles. The highest BCUT2D eigenvalue weighted by Gasteiger charge is 2.53. The number of Topliss-reactive ketones (excluding diaryl/α,β-unsaturated/α-hetero) is 3. The molecule has 0 fully saturated rings. The summed E-state index contributed by atoms with van der Waals surface area (Å²) in [4.78, 5) is 85.3. The molecular formula is C51H56N2O13. The predicted octanol–water partition coefficient (Wildman–Crippen LogP) is 6.89. The number of rotatable bonds is 6. The molecule has 4 aliphatic rings. The third-order valence-electron chi connectivity index (χ3n) is 12.5. The lowest BCUT2D eigenvalue weighted by atomic mass is 9.78. The summed E-state index contributed by atoms with van der Waals surface area (Å²) >= 11 is 0. The van der Waals surface area contributed by atoms with Gasteiger partial charge in [-0.3, -0.25) is 24.0 Å². The number of hydrogen-bond acceptors (Lipinski definition) is 14. The number of methoxy groups -OCH3 is 1. The Balaban J connectivity index is 1.56. The van der Waals surface area contributed by atoms with Gasteiger partial charge < -0.3 is 44.5 Å². The standard InChI is InChI=1S/C51H56N2O13/c1-25-19-21-34(22-20-25)52-39-40-44(58)37-36(43(39)57)38-47(31(7)46(37)65-50(61)33-17-12-11-13-18-33)66-51(9,48(38)59)63-24-23-35(62-10)28(4)45(64-32(8)54)30(6)42(56)29(5)41(55)26(2)15-14-16-27(3)49(60)53-40/h11-24,26,28-30,35,41-42,45,52,55-56H,1-10H3,(H,53,60)/b15-14+,24-23+,27-16-/t26-,28+,29+,30-,35-,41-,42-,45+,51-/m0/s1. The van der Waals surface area contributed by atoms with Crippen LogP contribution in [0.4, 0.5) is 5.69 Å². The molecule has 1 amide bonds. The van der Waals surface area contributed by atoms with Crippen LogP contribution in [0.3, 0.4) is 0 Å². The maximum absolute atomic E-state index is 15.2. The zero-order chi connectivity index (χ0) is 48.4. The molecule has 66 heavy (non-hydrogen) atoms. The van der Waals surface area contributed by atoms with Gasteiger partial charge in [0.2, 0.25) is 11.6 Å². The van der Waals surface area contributed by atoms with Gasteiger partial charge in [0.05, 0.1) is 46.8 Å². The smallest absolute Gasteiger partial charge is 0.343 e. The highest BCUT2D eigenvalue weighted by atomic mass is 16.7. The topological polar surface area (TPSA) is 213 Å². The number of aliphatic hydroxyl groups excluding tert-OH is 2. The van der Waals surface area contributed by atoms with Crippen molar-refractivity contribution in [3.8, 4) is 11.5 Å². The lowest BCUT2D eigenvalue weighted by molar-refractivity contribution is -0.160. The Morgan fingerprint density at radius 3 is 2.12 bits per heavy atom.